The molecule has 0 aromatic rings. The third-order valence-corrected chi connectivity index (χ3v) is 9.65. The molecule has 0 radical (unpaired) electrons. The standard InChI is InChI=1S/C26H40O5/c1-4-25(2,3)24(28)31-22-10-19-8-20(22)9-21(19)23(27)30-15-29-14-26-11-16-5-17(12-26)7-18(6-16)13-26/h16-22H,4-15H2,1-3H3. The first-order valence-corrected chi connectivity index (χ1v) is 12.7. The molecule has 31 heavy (non-hydrogen) atoms. The van der Waals surface area contributed by atoms with E-state index in [0.717, 1.165) is 50.0 Å². The first-order valence-electron chi connectivity index (χ1n) is 12.7. The van der Waals surface area contributed by atoms with Gasteiger partial charge in [0, 0.05) is 0 Å². The van der Waals surface area contributed by atoms with Crippen LogP contribution in [0.25, 0.3) is 0 Å². The van der Waals surface area contributed by atoms with Crippen molar-refractivity contribution in [2.45, 2.75) is 91.1 Å². The zero-order valence-electron chi connectivity index (χ0n) is 19.6. The Labute approximate surface area is 186 Å². The van der Waals surface area contributed by atoms with Gasteiger partial charge in [0.15, 0.2) is 6.79 Å². The number of carbonyl (C=O) groups is 2. The van der Waals surface area contributed by atoms with E-state index in [0.29, 0.717) is 11.3 Å². The smallest absolute Gasteiger partial charge is 0.311 e. The van der Waals surface area contributed by atoms with E-state index in [1.807, 2.05) is 20.8 Å². The van der Waals surface area contributed by atoms with Crippen molar-refractivity contribution in [1.29, 1.82) is 0 Å². The Morgan fingerprint density at radius 1 is 0.903 bits per heavy atom. The van der Waals surface area contributed by atoms with E-state index in [9.17, 15) is 9.59 Å². The molecule has 4 unspecified atom stereocenters. The van der Waals surface area contributed by atoms with Crippen LogP contribution in [0.2, 0.25) is 0 Å². The van der Waals surface area contributed by atoms with Crippen LogP contribution in [0.5, 0.6) is 0 Å². The van der Waals surface area contributed by atoms with Gasteiger partial charge in [-0.25, -0.2) is 0 Å². The summed E-state index contributed by atoms with van der Waals surface area (Å²) in [5, 5.41) is 0. The van der Waals surface area contributed by atoms with Gasteiger partial charge in [0.2, 0.25) is 0 Å². The van der Waals surface area contributed by atoms with Crippen molar-refractivity contribution >= 4 is 11.9 Å². The second-order valence-electron chi connectivity index (χ2n) is 12.4. The second kappa shape index (κ2) is 8.04. The van der Waals surface area contributed by atoms with Crippen LogP contribution in [0.1, 0.15) is 85.0 Å². The Morgan fingerprint density at radius 2 is 1.55 bits per heavy atom. The molecule has 0 spiro atoms. The lowest BCUT2D eigenvalue weighted by atomic mass is 9.50. The van der Waals surface area contributed by atoms with Gasteiger partial charge >= 0.3 is 11.9 Å². The Hall–Kier alpha value is -1.10. The predicted octanol–water partition coefficient (Wildman–Crippen LogP) is 5.11. The van der Waals surface area contributed by atoms with Crippen molar-refractivity contribution < 1.29 is 23.8 Å². The van der Waals surface area contributed by atoms with Crippen LogP contribution < -0.4 is 0 Å². The average Bonchev–Trinajstić information content (AvgIpc) is 3.30. The van der Waals surface area contributed by atoms with Gasteiger partial charge in [0.1, 0.15) is 6.10 Å². The molecule has 0 aromatic carbocycles. The predicted molar refractivity (Wildman–Crippen MR) is 116 cm³/mol. The summed E-state index contributed by atoms with van der Waals surface area (Å²) in [6, 6.07) is 0. The molecule has 6 aliphatic carbocycles. The van der Waals surface area contributed by atoms with Gasteiger partial charge < -0.3 is 14.2 Å². The molecule has 6 bridgehead atoms. The van der Waals surface area contributed by atoms with E-state index in [4.69, 9.17) is 14.2 Å². The molecule has 0 aliphatic heterocycles. The summed E-state index contributed by atoms with van der Waals surface area (Å²) in [6.45, 7) is 6.74. The molecule has 6 fully saturated rings. The minimum absolute atomic E-state index is 0.0280. The average molecular weight is 433 g/mol. The molecule has 6 rings (SSSR count). The van der Waals surface area contributed by atoms with Crippen molar-refractivity contribution in [2.75, 3.05) is 13.4 Å². The van der Waals surface area contributed by atoms with Crippen LogP contribution >= 0.6 is 0 Å². The third kappa shape index (κ3) is 4.16. The summed E-state index contributed by atoms with van der Waals surface area (Å²) in [7, 11) is 0. The van der Waals surface area contributed by atoms with Crippen LogP contribution in [-0.4, -0.2) is 31.4 Å². The van der Waals surface area contributed by atoms with Crippen molar-refractivity contribution in [1.82, 2.24) is 0 Å². The molecule has 5 heteroatoms. The lowest BCUT2D eigenvalue weighted by Gasteiger charge is -2.56. The van der Waals surface area contributed by atoms with E-state index < -0.39 is 5.41 Å². The van der Waals surface area contributed by atoms with E-state index in [-0.39, 0.29) is 36.7 Å². The van der Waals surface area contributed by atoms with Crippen LogP contribution in [0.4, 0.5) is 0 Å². The first kappa shape index (κ1) is 21.7. The minimum Gasteiger partial charge on any atom is -0.462 e. The fraction of sp³-hybridized carbons (Fsp3) is 0.923. The van der Waals surface area contributed by atoms with Crippen molar-refractivity contribution in [3.05, 3.63) is 0 Å². The number of rotatable bonds is 8. The largest absolute Gasteiger partial charge is 0.462 e. The van der Waals surface area contributed by atoms with Crippen LogP contribution in [-0.2, 0) is 23.8 Å². The molecular formula is C26H40O5. The molecule has 0 saturated heterocycles. The Bertz CT molecular complexity index is 677. The van der Waals surface area contributed by atoms with Crippen molar-refractivity contribution in [3.8, 4) is 0 Å². The molecule has 6 saturated carbocycles. The zero-order valence-corrected chi connectivity index (χ0v) is 19.6. The van der Waals surface area contributed by atoms with E-state index in [2.05, 4.69) is 0 Å². The van der Waals surface area contributed by atoms with Gasteiger partial charge in [0.05, 0.1) is 17.9 Å². The molecule has 5 nitrogen and oxygen atoms in total. The molecule has 0 heterocycles. The van der Waals surface area contributed by atoms with Gasteiger partial charge in [-0.2, -0.15) is 0 Å². The van der Waals surface area contributed by atoms with Crippen LogP contribution in [0.3, 0.4) is 0 Å². The van der Waals surface area contributed by atoms with E-state index >= 15 is 0 Å². The summed E-state index contributed by atoms with van der Waals surface area (Å²) >= 11 is 0. The molecule has 174 valence electrons. The fourth-order valence-corrected chi connectivity index (χ4v) is 8.03. The Kier molecular flexibility index (Phi) is 5.64. The lowest BCUT2D eigenvalue weighted by Crippen LogP contribution is -2.48. The highest BCUT2D eigenvalue weighted by molar-refractivity contribution is 5.76. The van der Waals surface area contributed by atoms with Gasteiger partial charge in [-0.3, -0.25) is 9.59 Å². The quantitative estimate of drug-likeness (QED) is 0.303. The normalized spacial score (nSPS) is 42.7. The van der Waals surface area contributed by atoms with Gasteiger partial charge in [0.25, 0.3) is 0 Å². The molecule has 0 aromatic heterocycles. The summed E-state index contributed by atoms with van der Waals surface area (Å²) in [5.74, 6) is 3.04. The number of carbonyl (C=O) groups excluding carboxylic acids is 2. The fourth-order valence-electron chi connectivity index (χ4n) is 8.03. The maximum Gasteiger partial charge on any atom is 0.311 e. The van der Waals surface area contributed by atoms with Crippen LogP contribution in [0, 0.1) is 46.3 Å². The highest BCUT2D eigenvalue weighted by Crippen LogP contribution is 2.60. The summed E-state index contributed by atoms with van der Waals surface area (Å²) in [4.78, 5) is 25.1. The van der Waals surface area contributed by atoms with Crippen molar-refractivity contribution in [3.63, 3.8) is 0 Å². The van der Waals surface area contributed by atoms with Crippen molar-refractivity contribution in [2.24, 2.45) is 46.3 Å². The SMILES string of the molecule is CCC(C)(C)C(=O)OC1CC2CC1CC2C(=O)OCOCC12CC3CC(CC(C3)C1)C2. The number of hydrogen-bond donors (Lipinski definition) is 0. The highest BCUT2D eigenvalue weighted by atomic mass is 16.7. The number of hydrogen-bond acceptors (Lipinski definition) is 5. The summed E-state index contributed by atoms with van der Waals surface area (Å²) < 4.78 is 17.3. The summed E-state index contributed by atoms with van der Waals surface area (Å²) in [5.41, 5.74) is -0.0782. The molecule has 4 atom stereocenters. The number of ether oxygens (including phenoxy) is 3. The highest BCUT2D eigenvalue weighted by Gasteiger charge is 2.52. The molecule has 0 N–H and O–H groups in total. The molecule has 0 amide bonds. The molecule has 6 aliphatic rings. The zero-order chi connectivity index (χ0) is 21.8. The van der Waals surface area contributed by atoms with E-state index in [1.54, 1.807) is 0 Å². The Morgan fingerprint density at radius 3 is 2.10 bits per heavy atom. The maximum atomic E-state index is 12.7. The Balaban J connectivity index is 1.04. The topological polar surface area (TPSA) is 61.8 Å². The second-order valence-corrected chi connectivity index (χ2v) is 12.4. The maximum absolute atomic E-state index is 12.7. The number of fused-ring (bicyclic) bond motifs is 2. The summed E-state index contributed by atoms with van der Waals surface area (Å²) in [6.07, 6.45) is 11.5. The lowest BCUT2D eigenvalue weighted by molar-refractivity contribution is -0.173. The monoisotopic (exact) mass is 432 g/mol. The molecular weight excluding hydrogens is 392 g/mol. The first-order chi connectivity index (χ1) is 14.8. The van der Waals surface area contributed by atoms with Gasteiger partial charge in [-0.1, -0.05) is 6.92 Å². The minimum atomic E-state index is -0.436. The van der Waals surface area contributed by atoms with E-state index in [1.165, 1.54) is 38.5 Å². The van der Waals surface area contributed by atoms with Crippen LogP contribution in [0.15, 0.2) is 0 Å². The van der Waals surface area contributed by atoms with Gasteiger partial charge in [-0.05, 0) is 113 Å². The number of esters is 2. The van der Waals surface area contributed by atoms with Gasteiger partial charge in [-0.15, -0.1) is 0 Å². The third-order valence-electron chi connectivity index (χ3n) is 9.65.